The summed E-state index contributed by atoms with van der Waals surface area (Å²) in [5.74, 6) is -1.01. The molecule has 4 rings (SSSR count). The zero-order valence-corrected chi connectivity index (χ0v) is 22.1. The fourth-order valence-corrected chi connectivity index (χ4v) is 6.19. The van der Waals surface area contributed by atoms with Crippen molar-refractivity contribution in [2.75, 3.05) is 13.6 Å². The number of thiocarbonyl (C=S) groups is 1. The first-order chi connectivity index (χ1) is 17.5. The van der Waals surface area contributed by atoms with Gasteiger partial charge in [-0.15, -0.1) is 0 Å². The predicted molar refractivity (Wildman–Crippen MR) is 140 cm³/mol. The van der Waals surface area contributed by atoms with Gasteiger partial charge in [0.25, 0.3) is 0 Å². The molecule has 1 fully saturated rings. The number of esters is 2. The van der Waals surface area contributed by atoms with Crippen LogP contribution in [-0.4, -0.2) is 58.7 Å². The second-order valence-electron chi connectivity index (χ2n) is 9.00. The van der Waals surface area contributed by atoms with Gasteiger partial charge in [-0.3, -0.25) is 9.59 Å². The van der Waals surface area contributed by atoms with E-state index in [1.165, 1.54) is 38.2 Å². The SMILES string of the molecule is CC(=O)Oc1ccc(S(=O)(=O)N(C)CC(=O)OC2CCCCC2(C(N)=S)c2ccc3nccn3c2)cc1. The van der Waals surface area contributed by atoms with Crippen molar-refractivity contribution in [1.29, 1.82) is 0 Å². The fraction of sp³-hybridized carbons (Fsp3) is 0.360. The molecule has 12 heteroatoms. The molecular formula is C25H28N4O6S2. The number of nitrogens with zero attached hydrogens (tertiary/aromatic N) is 3. The molecule has 2 N–H and O–H groups in total. The number of benzene rings is 1. The maximum absolute atomic E-state index is 13.0. The van der Waals surface area contributed by atoms with Gasteiger partial charge >= 0.3 is 11.9 Å². The molecule has 2 aromatic heterocycles. The number of hydrogen-bond donors (Lipinski definition) is 1. The largest absolute Gasteiger partial charge is 0.460 e. The van der Waals surface area contributed by atoms with Crippen LogP contribution in [0.15, 0.2) is 59.9 Å². The van der Waals surface area contributed by atoms with Crippen molar-refractivity contribution >= 4 is 44.8 Å². The minimum Gasteiger partial charge on any atom is -0.460 e. The van der Waals surface area contributed by atoms with Gasteiger partial charge in [-0.05, 0) is 55.2 Å². The smallest absolute Gasteiger partial charge is 0.321 e. The lowest BCUT2D eigenvalue weighted by Crippen LogP contribution is -2.53. The molecule has 0 radical (unpaired) electrons. The molecule has 2 unspecified atom stereocenters. The fourth-order valence-electron chi connectivity index (χ4n) is 4.73. The van der Waals surface area contributed by atoms with Gasteiger partial charge in [0.2, 0.25) is 10.0 Å². The van der Waals surface area contributed by atoms with E-state index in [0.717, 1.165) is 28.4 Å². The number of sulfonamides is 1. The Balaban J connectivity index is 1.53. The second-order valence-corrected chi connectivity index (χ2v) is 11.5. The second kappa shape index (κ2) is 10.6. The molecule has 2 atom stereocenters. The molecule has 3 aromatic rings. The molecule has 0 amide bonds. The van der Waals surface area contributed by atoms with Crippen molar-refractivity contribution in [1.82, 2.24) is 13.7 Å². The van der Waals surface area contributed by atoms with Gasteiger partial charge in [-0.2, -0.15) is 4.31 Å². The van der Waals surface area contributed by atoms with Gasteiger partial charge in [-0.1, -0.05) is 24.7 Å². The summed E-state index contributed by atoms with van der Waals surface area (Å²) in [5, 5.41) is 0. The van der Waals surface area contributed by atoms with Crippen LogP contribution in [0.3, 0.4) is 0 Å². The third-order valence-corrected chi connectivity index (χ3v) is 8.78. The minimum absolute atomic E-state index is 0.0533. The Kier molecular flexibility index (Phi) is 7.62. The summed E-state index contributed by atoms with van der Waals surface area (Å²) in [5.41, 5.74) is 6.98. The summed E-state index contributed by atoms with van der Waals surface area (Å²) in [7, 11) is -2.71. The molecule has 1 aliphatic rings. The number of rotatable bonds is 8. The highest BCUT2D eigenvalue weighted by Crippen LogP contribution is 2.42. The average molecular weight is 545 g/mol. The summed E-state index contributed by atoms with van der Waals surface area (Å²) in [4.78, 5) is 28.5. The molecule has 0 aliphatic heterocycles. The highest BCUT2D eigenvalue weighted by atomic mass is 32.2. The van der Waals surface area contributed by atoms with E-state index in [4.69, 9.17) is 27.4 Å². The number of hydrogen-bond acceptors (Lipinski definition) is 8. The number of carbonyl (C=O) groups is 2. The first kappa shape index (κ1) is 26.7. The van der Waals surface area contributed by atoms with Crippen LogP contribution in [0.25, 0.3) is 5.65 Å². The first-order valence-corrected chi connectivity index (χ1v) is 13.6. The summed E-state index contributed by atoms with van der Waals surface area (Å²) in [6.45, 7) is 0.747. The van der Waals surface area contributed by atoms with Crippen LogP contribution in [0.5, 0.6) is 5.75 Å². The molecule has 10 nitrogen and oxygen atoms in total. The summed E-state index contributed by atoms with van der Waals surface area (Å²) in [6, 6.07) is 9.10. The molecular weight excluding hydrogens is 516 g/mol. The Labute approximate surface area is 220 Å². The number of imidazole rings is 1. The van der Waals surface area contributed by atoms with E-state index in [1.54, 1.807) is 6.20 Å². The maximum atomic E-state index is 13.0. The Morgan fingerprint density at radius 2 is 1.95 bits per heavy atom. The molecule has 0 spiro atoms. The molecule has 0 bridgehead atoms. The van der Waals surface area contributed by atoms with E-state index in [9.17, 15) is 18.0 Å². The third-order valence-electron chi connectivity index (χ3n) is 6.60. The van der Waals surface area contributed by atoms with Gasteiger partial charge in [-0.25, -0.2) is 13.4 Å². The molecule has 1 aromatic carbocycles. The Morgan fingerprint density at radius 1 is 1.22 bits per heavy atom. The van der Waals surface area contributed by atoms with Gasteiger partial charge in [0.15, 0.2) is 0 Å². The minimum atomic E-state index is -4.00. The van der Waals surface area contributed by atoms with E-state index in [2.05, 4.69) is 4.98 Å². The summed E-state index contributed by atoms with van der Waals surface area (Å²) < 4.78 is 39.6. The number of likely N-dealkylation sites (N-methyl/N-ethyl adjacent to an activating group) is 1. The topological polar surface area (TPSA) is 133 Å². The summed E-state index contributed by atoms with van der Waals surface area (Å²) >= 11 is 5.51. The molecule has 196 valence electrons. The van der Waals surface area contributed by atoms with Gasteiger partial charge in [0.1, 0.15) is 24.0 Å². The molecule has 37 heavy (non-hydrogen) atoms. The predicted octanol–water partition coefficient (Wildman–Crippen LogP) is 2.59. The highest BCUT2D eigenvalue weighted by molar-refractivity contribution is 7.89. The lowest BCUT2D eigenvalue weighted by Gasteiger charge is -2.43. The highest BCUT2D eigenvalue weighted by Gasteiger charge is 2.47. The number of ether oxygens (including phenoxy) is 2. The van der Waals surface area contributed by atoms with Crippen LogP contribution in [0.2, 0.25) is 0 Å². The monoisotopic (exact) mass is 544 g/mol. The zero-order valence-electron chi connectivity index (χ0n) is 20.5. The number of pyridine rings is 1. The lowest BCUT2D eigenvalue weighted by molar-refractivity contribution is -0.153. The summed E-state index contributed by atoms with van der Waals surface area (Å²) in [6.07, 6.45) is 7.56. The Morgan fingerprint density at radius 3 is 2.62 bits per heavy atom. The average Bonchev–Trinajstić information content (AvgIpc) is 3.32. The van der Waals surface area contributed by atoms with Crippen molar-refractivity contribution in [2.45, 2.75) is 49.0 Å². The third kappa shape index (κ3) is 5.36. The number of fused-ring (bicyclic) bond motifs is 1. The van der Waals surface area contributed by atoms with Crippen LogP contribution in [0.4, 0.5) is 0 Å². The van der Waals surface area contributed by atoms with Gasteiger partial charge < -0.3 is 19.6 Å². The maximum Gasteiger partial charge on any atom is 0.321 e. The van der Waals surface area contributed by atoms with Crippen molar-refractivity contribution in [3.8, 4) is 5.75 Å². The zero-order chi connectivity index (χ0) is 26.8. The normalized spacial score (nSPS) is 20.0. The van der Waals surface area contributed by atoms with E-state index in [1.807, 2.05) is 28.9 Å². The van der Waals surface area contributed by atoms with Crippen molar-refractivity contribution in [3.63, 3.8) is 0 Å². The number of aromatic nitrogens is 2. The number of carbonyl (C=O) groups excluding carboxylic acids is 2. The van der Waals surface area contributed by atoms with E-state index in [-0.39, 0.29) is 15.6 Å². The number of nitrogens with two attached hydrogens (primary N) is 1. The van der Waals surface area contributed by atoms with Crippen molar-refractivity contribution in [2.24, 2.45) is 5.73 Å². The quantitative estimate of drug-likeness (QED) is 0.258. The molecule has 1 aliphatic carbocycles. The molecule has 1 saturated carbocycles. The van der Waals surface area contributed by atoms with Gasteiger partial charge in [0, 0.05) is 32.6 Å². The van der Waals surface area contributed by atoms with Crippen LogP contribution in [-0.2, 0) is 29.8 Å². The van der Waals surface area contributed by atoms with Crippen LogP contribution < -0.4 is 10.5 Å². The van der Waals surface area contributed by atoms with Crippen LogP contribution in [0.1, 0.15) is 38.2 Å². The van der Waals surface area contributed by atoms with Gasteiger partial charge in [0.05, 0.1) is 15.3 Å². The van der Waals surface area contributed by atoms with Crippen molar-refractivity contribution in [3.05, 3.63) is 60.6 Å². The van der Waals surface area contributed by atoms with Crippen LogP contribution >= 0.6 is 12.2 Å². The Hall–Kier alpha value is -3.35. The van der Waals surface area contributed by atoms with E-state index in [0.29, 0.717) is 12.8 Å². The first-order valence-electron chi connectivity index (χ1n) is 11.7. The molecule has 0 saturated heterocycles. The van der Waals surface area contributed by atoms with Crippen LogP contribution in [0, 0.1) is 0 Å². The molecule has 2 heterocycles. The van der Waals surface area contributed by atoms with Crippen molar-refractivity contribution < 1.29 is 27.5 Å². The van der Waals surface area contributed by atoms with E-state index < -0.39 is 40.0 Å². The Bertz CT molecular complexity index is 1440. The lowest BCUT2D eigenvalue weighted by atomic mass is 9.67. The standard InChI is InChI=1S/C25H28N4O6S2/c1-17(30)34-19-7-9-20(10-8-19)37(32,33)28(2)16-23(31)35-21-5-3-4-12-25(21,24(26)36)18-6-11-22-27-13-14-29(22)15-18/h6-11,13-15,21H,3-5,12,16H2,1-2H3,(H2,26,36). The van der Waals surface area contributed by atoms with E-state index >= 15 is 0 Å².